The van der Waals surface area contributed by atoms with Gasteiger partial charge in [-0.15, -0.1) is 0 Å². The summed E-state index contributed by atoms with van der Waals surface area (Å²) < 4.78 is 28.2. The van der Waals surface area contributed by atoms with E-state index in [0.29, 0.717) is 18.3 Å². The normalized spacial score (nSPS) is 17.6. The van der Waals surface area contributed by atoms with Crippen molar-refractivity contribution in [2.24, 2.45) is 5.92 Å². The van der Waals surface area contributed by atoms with Crippen LogP contribution in [0, 0.1) is 5.92 Å². The van der Waals surface area contributed by atoms with Crippen molar-refractivity contribution >= 4 is 27.6 Å². The van der Waals surface area contributed by atoms with Crippen LogP contribution in [-0.2, 0) is 15.4 Å². The molecule has 3 aromatic rings. The Morgan fingerprint density at radius 3 is 2.43 bits per heavy atom. The Morgan fingerprint density at radius 1 is 1.11 bits per heavy atom. The van der Waals surface area contributed by atoms with Crippen LogP contribution in [0.2, 0.25) is 0 Å². The average molecular weight is 522 g/mol. The van der Waals surface area contributed by atoms with E-state index in [-0.39, 0.29) is 27.4 Å². The number of carbonyl (C=O) groups excluding carboxylic acids is 1. The summed E-state index contributed by atoms with van der Waals surface area (Å²) in [5.74, 6) is 0.106. The fourth-order valence-electron chi connectivity index (χ4n) is 4.58. The van der Waals surface area contributed by atoms with Crippen LogP contribution in [-0.4, -0.2) is 36.4 Å². The Balaban J connectivity index is 1.81. The van der Waals surface area contributed by atoms with Crippen molar-refractivity contribution in [1.29, 1.82) is 0 Å². The van der Waals surface area contributed by atoms with E-state index in [1.807, 2.05) is 12.1 Å². The fraction of sp³-hybridized carbons (Fsp3) is 0.393. The van der Waals surface area contributed by atoms with Crippen molar-refractivity contribution in [3.63, 3.8) is 0 Å². The summed E-state index contributed by atoms with van der Waals surface area (Å²) >= 11 is 0. The maximum Gasteiger partial charge on any atom is 0.281 e. The van der Waals surface area contributed by atoms with Gasteiger partial charge in [0.1, 0.15) is 11.6 Å². The van der Waals surface area contributed by atoms with Gasteiger partial charge in [0.25, 0.3) is 15.9 Å². The quantitative estimate of drug-likeness (QED) is 0.497. The minimum Gasteiger partial charge on any atom is -0.384 e. The first-order valence-corrected chi connectivity index (χ1v) is 13.9. The lowest BCUT2D eigenvalue weighted by Gasteiger charge is -2.36. The molecule has 0 saturated carbocycles. The molecule has 37 heavy (non-hydrogen) atoms. The molecule has 0 spiro atoms. The first-order chi connectivity index (χ1) is 17.2. The fourth-order valence-corrected chi connectivity index (χ4v) is 5.52. The summed E-state index contributed by atoms with van der Waals surface area (Å²) in [6.07, 6.45) is 2.69. The van der Waals surface area contributed by atoms with Gasteiger partial charge in [0, 0.05) is 23.8 Å². The van der Waals surface area contributed by atoms with Crippen LogP contribution in [0.3, 0.4) is 0 Å². The van der Waals surface area contributed by atoms with E-state index in [0.717, 1.165) is 23.1 Å². The van der Waals surface area contributed by atoms with E-state index in [9.17, 15) is 13.2 Å². The highest BCUT2D eigenvalue weighted by molar-refractivity contribution is 7.90. The lowest BCUT2D eigenvalue weighted by molar-refractivity contribution is 0.0981. The molecule has 0 bridgehead atoms. The number of amides is 1. The summed E-state index contributed by atoms with van der Waals surface area (Å²) in [5, 5.41) is -0.320. The number of nitrogens with two attached hydrogens (primary N) is 1. The number of anilines is 2. The highest BCUT2D eigenvalue weighted by Crippen LogP contribution is 2.39. The largest absolute Gasteiger partial charge is 0.384 e. The molecule has 1 aliphatic heterocycles. The Morgan fingerprint density at radius 2 is 1.81 bits per heavy atom. The Bertz CT molecular complexity index is 1440. The third-order valence-electron chi connectivity index (χ3n) is 7.36. The standard InChI is InChI=1S/C28H35N5O3S/c1-18-13-14-33(28(18,5)6)25-22(26(34)32-37(35,36)24-12-8-11-23(29)31-24)16-20(17-30-25)19-9-7-10-21(15-19)27(2,3)4/h7-12,15-18H,13-14H2,1-6H3,(H2,29,31)(H,32,34). The second-order valence-corrected chi connectivity index (χ2v) is 12.9. The number of hydrogen-bond donors (Lipinski definition) is 2. The zero-order valence-electron chi connectivity index (χ0n) is 22.2. The van der Waals surface area contributed by atoms with Gasteiger partial charge in [-0.25, -0.2) is 14.7 Å². The first kappa shape index (κ1) is 26.6. The highest BCUT2D eigenvalue weighted by atomic mass is 32.2. The number of nitrogens with zero attached hydrogens (tertiary/aromatic N) is 3. The van der Waals surface area contributed by atoms with Crippen molar-refractivity contribution in [2.75, 3.05) is 17.2 Å². The van der Waals surface area contributed by atoms with Gasteiger partial charge in [0.15, 0.2) is 5.03 Å². The number of sulfonamides is 1. The number of pyridine rings is 2. The Kier molecular flexibility index (Phi) is 6.79. The van der Waals surface area contributed by atoms with Gasteiger partial charge in [0.05, 0.1) is 5.56 Å². The summed E-state index contributed by atoms with van der Waals surface area (Å²) in [6, 6.07) is 14.1. The second kappa shape index (κ2) is 9.45. The first-order valence-electron chi connectivity index (χ1n) is 12.4. The van der Waals surface area contributed by atoms with Gasteiger partial charge in [-0.05, 0) is 60.9 Å². The molecule has 1 amide bonds. The van der Waals surface area contributed by atoms with Crippen LogP contribution in [0.15, 0.2) is 59.8 Å². The molecule has 196 valence electrons. The van der Waals surface area contributed by atoms with Crippen molar-refractivity contribution < 1.29 is 13.2 Å². The molecule has 9 heteroatoms. The number of aromatic nitrogens is 2. The topological polar surface area (TPSA) is 118 Å². The number of rotatable bonds is 5. The predicted molar refractivity (Wildman–Crippen MR) is 147 cm³/mol. The third-order valence-corrected chi connectivity index (χ3v) is 8.60. The molecular formula is C28H35N5O3S. The van der Waals surface area contributed by atoms with Gasteiger partial charge >= 0.3 is 0 Å². The molecule has 1 fully saturated rings. The average Bonchev–Trinajstić information content (AvgIpc) is 3.10. The molecule has 1 atom stereocenters. The Labute approximate surface area is 219 Å². The van der Waals surface area contributed by atoms with Crippen LogP contribution in [0.5, 0.6) is 0 Å². The molecule has 1 aromatic carbocycles. The second-order valence-electron chi connectivity index (χ2n) is 11.3. The minimum absolute atomic E-state index is 0.0474. The van der Waals surface area contributed by atoms with Crippen LogP contribution in [0.25, 0.3) is 11.1 Å². The van der Waals surface area contributed by atoms with Gasteiger partial charge < -0.3 is 10.6 Å². The van der Waals surface area contributed by atoms with E-state index in [4.69, 9.17) is 10.7 Å². The summed E-state index contributed by atoms with van der Waals surface area (Å²) in [4.78, 5) is 24.3. The van der Waals surface area contributed by atoms with Crippen LogP contribution >= 0.6 is 0 Å². The van der Waals surface area contributed by atoms with Crippen molar-refractivity contribution in [2.45, 2.75) is 63.9 Å². The van der Waals surface area contributed by atoms with Crippen LogP contribution < -0.4 is 15.4 Å². The molecule has 3 heterocycles. The molecule has 8 nitrogen and oxygen atoms in total. The zero-order chi connectivity index (χ0) is 27.2. The van der Waals surface area contributed by atoms with Crippen molar-refractivity contribution in [3.05, 3.63) is 65.9 Å². The van der Waals surface area contributed by atoms with Crippen LogP contribution in [0.4, 0.5) is 11.6 Å². The van der Waals surface area contributed by atoms with Crippen LogP contribution in [0.1, 0.15) is 63.9 Å². The minimum atomic E-state index is -4.25. The highest BCUT2D eigenvalue weighted by Gasteiger charge is 2.41. The maximum atomic E-state index is 13.6. The number of nitrogens with one attached hydrogen (secondary N) is 1. The molecule has 0 aliphatic carbocycles. The molecular weight excluding hydrogens is 486 g/mol. The maximum absolute atomic E-state index is 13.6. The van der Waals surface area contributed by atoms with Crippen molar-refractivity contribution in [3.8, 4) is 11.1 Å². The number of nitrogen functional groups attached to an aromatic ring is 1. The SMILES string of the molecule is CC1CCN(c2ncc(-c3cccc(C(C)(C)C)c3)cc2C(=O)NS(=O)(=O)c2cccc(N)n2)C1(C)C. The summed E-state index contributed by atoms with van der Waals surface area (Å²) in [5.41, 5.74) is 8.31. The predicted octanol–water partition coefficient (Wildman–Crippen LogP) is 4.77. The van der Waals surface area contributed by atoms with E-state index in [2.05, 4.69) is 68.3 Å². The number of carbonyl (C=O) groups is 1. The summed E-state index contributed by atoms with van der Waals surface area (Å²) in [6.45, 7) is 13.5. The molecule has 1 saturated heterocycles. The lowest BCUT2D eigenvalue weighted by Crippen LogP contribution is -2.43. The number of benzene rings is 1. The molecule has 4 rings (SSSR count). The smallest absolute Gasteiger partial charge is 0.281 e. The third kappa shape index (κ3) is 5.32. The monoisotopic (exact) mass is 521 g/mol. The Hall–Kier alpha value is -3.46. The van der Waals surface area contributed by atoms with E-state index < -0.39 is 15.9 Å². The zero-order valence-corrected chi connectivity index (χ0v) is 23.1. The van der Waals surface area contributed by atoms with Gasteiger partial charge in [0.2, 0.25) is 0 Å². The molecule has 1 aliphatic rings. The van der Waals surface area contributed by atoms with Gasteiger partial charge in [-0.3, -0.25) is 4.79 Å². The van der Waals surface area contributed by atoms with E-state index in [1.54, 1.807) is 12.3 Å². The van der Waals surface area contributed by atoms with Gasteiger partial charge in [-0.2, -0.15) is 8.42 Å². The molecule has 1 unspecified atom stereocenters. The number of hydrogen-bond acceptors (Lipinski definition) is 7. The molecule has 3 N–H and O–H groups in total. The van der Waals surface area contributed by atoms with E-state index in [1.165, 1.54) is 18.2 Å². The molecule has 2 aromatic heterocycles. The van der Waals surface area contributed by atoms with E-state index >= 15 is 0 Å². The molecule has 0 radical (unpaired) electrons. The van der Waals surface area contributed by atoms with Gasteiger partial charge in [-0.1, -0.05) is 58.0 Å². The van der Waals surface area contributed by atoms with Crippen molar-refractivity contribution in [1.82, 2.24) is 14.7 Å². The summed E-state index contributed by atoms with van der Waals surface area (Å²) in [7, 11) is -4.25. The lowest BCUT2D eigenvalue weighted by atomic mass is 9.85.